The first-order chi connectivity index (χ1) is 12.6. The van der Waals surface area contributed by atoms with Crippen molar-refractivity contribution in [2.75, 3.05) is 0 Å². The molecule has 2 aromatic carbocycles. The number of benzene rings is 2. The van der Waals surface area contributed by atoms with Crippen molar-refractivity contribution in [3.63, 3.8) is 0 Å². The first kappa shape index (κ1) is 19.0. The zero-order valence-electron chi connectivity index (χ0n) is 14.3. The minimum atomic E-state index is -0.0547. The number of nitrogens with zero attached hydrogens (tertiary/aromatic N) is 1. The van der Waals surface area contributed by atoms with Crippen LogP contribution in [0, 0.1) is 0 Å². The molecule has 0 saturated heterocycles. The Labute approximate surface area is 166 Å². The second-order valence-corrected chi connectivity index (χ2v) is 8.15. The third-order valence-corrected chi connectivity index (χ3v) is 5.78. The van der Waals surface area contributed by atoms with E-state index in [1.54, 1.807) is 23.1 Å². The Kier molecular flexibility index (Phi) is 6.72. The zero-order valence-corrected chi connectivity index (χ0v) is 16.7. The van der Waals surface area contributed by atoms with E-state index in [1.165, 1.54) is 0 Å². The molecule has 26 heavy (non-hydrogen) atoms. The number of carbonyl (C=O) groups is 1. The Morgan fingerprint density at radius 1 is 1.27 bits per heavy atom. The van der Waals surface area contributed by atoms with E-state index >= 15 is 0 Å². The Morgan fingerprint density at radius 3 is 2.88 bits per heavy atom. The van der Waals surface area contributed by atoms with Gasteiger partial charge in [-0.15, -0.1) is 23.1 Å². The lowest BCUT2D eigenvalue weighted by Gasteiger charge is -2.16. The van der Waals surface area contributed by atoms with Gasteiger partial charge in [0.15, 0.2) is 0 Å². The van der Waals surface area contributed by atoms with E-state index in [1.807, 2.05) is 66.3 Å². The highest BCUT2D eigenvalue weighted by Gasteiger charge is 2.14. The van der Waals surface area contributed by atoms with Gasteiger partial charge in [-0.1, -0.05) is 35.9 Å². The number of thiazole rings is 1. The van der Waals surface area contributed by atoms with E-state index in [4.69, 9.17) is 11.6 Å². The van der Waals surface area contributed by atoms with Crippen LogP contribution in [0.1, 0.15) is 28.5 Å². The lowest BCUT2D eigenvalue weighted by Crippen LogP contribution is -2.34. The number of amides is 1. The molecule has 0 radical (unpaired) electrons. The predicted molar refractivity (Wildman–Crippen MR) is 110 cm³/mol. The summed E-state index contributed by atoms with van der Waals surface area (Å²) in [6, 6.07) is 15.4. The second kappa shape index (κ2) is 9.21. The normalized spacial score (nSPS) is 11.9. The minimum absolute atomic E-state index is 0.0116. The molecule has 0 unspecified atom stereocenters. The fourth-order valence-electron chi connectivity index (χ4n) is 2.61. The van der Waals surface area contributed by atoms with E-state index in [0.717, 1.165) is 28.3 Å². The molecule has 0 saturated carbocycles. The van der Waals surface area contributed by atoms with Crippen molar-refractivity contribution in [1.29, 1.82) is 0 Å². The first-order valence-electron chi connectivity index (χ1n) is 8.26. The van der Waals surface area contributed by atoms with Crippen LogP contribution < -0.4 is 5.32 Å². The van der Waals surface area contributed by atoms with E-state index in [-0.39, 0.29) is 11.9 Å². The van der Waals surface area contributed by atoms with E-state index in [0.29, 0.717) is 10.6 Å². The van der Waals surface area contributed by atoms with Gasteiger partial charge in [0, 0.05) is 27.1 Å². The fourth-order valence-corrected chi connectivity index (χ4v) is 4.44. The Balaban J connectivity index is 1.63. The van der Waals surface area contributed by atoms with Gasteiger partial charge >= 0.3 is 0 Å². The Bertz CT molecular complexity index is 868. The predicted octanol–water partition coefficient (Wildman–Crippen LogP) is 5.45. The van der Waals surface area contributed by atoms with E-state index in [2.05, 4.69) is 10.3 Å². The number of hydrogen-bond acceptors (Lipinski definition) is 4. The van der Waals surface area contributed by atoms with Crippen molar-refractivity contribution < 1.29 is 4.79 Å². The summed E-state index contributed by atoms with van der Waals surface area (Å²) in [7, 11) is 0. The van der Waals surface area contributed by atoms with Gasteiger partial charge in [0.25, 0.3) is 5.91 Å². The molecular formula is C20H19ClN2OS2. The van der Waals surface area contributed by atoms with Gasteiger partial charge in [-0.25, -0.2) is 4.98 Å². The van der Waals surface area contributed by atoms with Crippen molar-refractivity contribution in [3.05, 3.63) is 81.3 Å². The van der Waals surface area contributed by atoms with Crippen molar-refractivity contribution in [2.24, 2.45) is 0 Å². The van der Waals surface area contributed by atoms with Crippen molar-refractivity contribution in [2.45, 2.75) is 30.0 Å². The molecule has 0 aliphatic heterocycles. The molecule has 1 heterocycles. The van der Waals surface area contributed by atoms with Crippen LogP contribution in [0.5, 0.6) is 0 Å². The molecule has 0 aliphatic rings. The summed E-state index contributed by atoms with van der Waals surface area (Å²) in [6.07, 6.45) is 0.737. The SMILES string of the molecule is C[C@H](Cc1cccc(Cl)c1)NC(=O)c1ccccc1SCc1cscn1. The summed E-state index contributed by atoms with van der Waals surface area (Å²) in [4.78, 5) is 18.0. The van der Waals surface area contributed by atoms with Gasteiger partial charge in [0.2, 0.25) is 0 Å². The molecule has 1 atom stereocenters. The lowest BCUT2D eigenvalue weighted by atomic mass is 10.1. The second-order valence-electron chi connectivity index (χ2n) is 5.97. The average molecular weight is 403 g/mol. The van der Waals surface area contributed by atoms with Gasteiger partial charge < -0.3 is 5.32 Å². The molecule has 0 aliphatic carbocycles. The summed E-state index contributed by atoms with van der Waals surface area (Å²) in [5.74, 6) is 0.701. The van der Waals surface area contributed by atoms with Crippen LogP contribution >= 0.6 is 34.7 Å². The topological polar surface area (TPSA) is 42.0 Å². The van der Waals surface area contributed by atoms with Gasteiger partial charge in [0.05, 0.1) is 16.8 Å². The Morgan fingerprint density at radius 2 is 2.12 bits per heavy atom. The van der Waals surface area contributed by atoms with Gasteiger partial charge in [0.1, 0.15) is 0 Å². The average Bonchev–Trinajstić information content (AvgIpc) is 3.13. The molecule has 134 valence electrons. The molecule has 1 amide bonds. The molecule has 0 spiro atoms. The number of nitrogens with one attached hydrogen (secondary N) is 1. The van der Waals surface area contributed by atoms with Gasteiger partial charge in [-0.05, 0) is 43.2 Å². The maximum Gasteiger partial charge on any atom is 0.252 e. The maximum absolute atomic E-state index is 12.7. The Hall–Kier alpha value is -1.82. The standard InChI is InChI=1S/C20H19ClN2OS2/c1-14(9-15-5-4-6-16(21)10-15)23-20(24)18-7-2-3-8-19(18)26-12-17-11-25-13-22-17/h2-8,10-11,13-14H,9,12H2,1H3,(H,23,24)/t14-/m1/s1. The number of carbonyl (C=O) groups excluding carboxylic acids is 1. The highest BCUT2D eigenvalue weighted by atomic mass is 35.5. The molecule has 3 rings (SSSR count). The summed E-state index contributed by atoms with van der Waals surface area (Å²) in [5, 5.41) is 5.83. The van der Waals surface area contributed by atoms with Crippen LogP contribution in [-0.2, 0) is 12.2 Å². The molecular weight excluding hydrogens is 384 g/mol. The quantitative estimate of drug-likeness (QED) is 0.534. The summed E-state index contributed by atoms with van der Waals surface area (Å²) < 4.78 is 0. The van der Waals surface area contributed by atoms with Crippen LogP contribution in [0.4, 0.5) is 0 Å². The minimum Gasteiger partial charge on any atom is -0.349 e. The van der Waals surface area contributed by atoms with Crippen LogP contribution in [0.3, 0.4) is 0 Å². The summed E-state index contributed by atoms with van der Waals surface area (Å²) in [5.41, 5.74) is 4.66. The zero-order chi connectivity index (χ0) is 18.4. The van der Waals surface area contributed by atoms with Crippen LogP contribution in [0.2, 0.25) is 5.02 Å². The lowest BCUT2D eigenvalue weighted by molar-refractivity contribution is 0.0937. The van der Waals surface area contributed by atoms with Gasteiger partial charge in [-0.3, -0.25) is 4.79 Å². The molecule has 1 aromatic heterocycles. The highest BCUT2D eigenvalue weighted by molar-refractivity contribution is 7.98. The van der Waals surface area contributed by atoms with E-state index < -0.39 is 0 Å². The number of hydrogen-bond donors (Lipinski definition) is 1. The van der Waals surface area contributed by atoms with Gasteiger partial charge in [-0.2, -0.15) is 0 Å². The summed E-state index contributed by atoms with van der Waals surface area (Å²) >= 11 is 9.25. The smallest absolute Gasteiger partial charge is 0.252 e. The summed E-state index contributed by atoms with van der Waals surface area (Å²) in [6.45, 7) is 2.00. The first-order valence-corrected chi connectivity index (χ1v) is 10.6. The monoisotopic (exact) mass is 402 g/mol. The highest BCUT2D eigenvalue weighted by Crippen LogP contribution is 2.26. The molecule has 3 aromatic rings. The van der Waals surface area contributed by atoms with Crippen molar-refractivity contribution in [3.8, 4) is 0 Å². The maximum atomic E-state index is 12.7. The van der Waals surface area contributed by atoms with Crippen molar-refractivity contribution in [1.82, 2.24) is 10.3 Å². The van der Waals surface area contributed by atoms with Crippen LogP contribution in [-0.4, -0.2) is 16.9 Å². The number of halogens is 1. The largest absolute Gasteiger partial charge is 0.349 e. The van der Waals surface area contributed by atoms with Crippen LogP contribution in [0.15, 0.2) is 64.3 Å². The molecule has 0 bridgehead atoms. The molecule has 0 fully saturated rings. The molecule has 6 heteroatoms. The molecule has 3 nitrogen and oxygen atoms in total. The third-order valence-electron chi connectivity index (χ3n) is 3.80. The molecule has 1 N–H and O–H groups in total. The van der Waals surface area contributed by atoms with Crippen LogP contribution in [0.25, 0.3) is 0 Å². The third kappa shape index (κ3) is 5.34. The number of aromatic nitrogens is 1. The number of thioether (sulfide) groups is 1. The number of rotatable bonds is 7. The van der Waals surface area contributed by atoms with E-state index in [9.17, 15) is 4.79 Å². The van der Waals surface area contributed by atoms with Crippen molar-refractivity contribution >= 4 is 40.6 Å². The fraction of sp³-hybridized carbons (Fsp3) is 0.200.